The van der Waals surface area contributed by atoms with E-state index in [1.165, 1.54) is 0 Å². The molecule has 3 N–H and O–H groups in total. The molecule has 32 heavy (non-hydrogen) atoms. The van der Waals surface area contributed by atoms with Crippen LogP contribution in [-0.4, -0.2) is 54.1 Å². The van der Waals surface area contributed by atoms with Crippen molar-refractivity contribution in [2.24, 2.45) is 0 Å². The third-order valence-corrected chi connectivity index (χ3v) is 8.49. The number of ether oxygens (including phenoxy) is 1. The van der Waals surface area contributed by atoms with E-state index >= 15 is 0 Å². The molecule has 2 aliphatic rings. The lowest BCUT2D eigenvalue weighted by atomic mass is 9.81. The molecule has 2 aromatic rings. The Bertz CT molecular complexity index is 970. The zero-order valence-corrected chi connectivity index (χ0v) is 20.2. The number of aryl methyl sites for hydroxylation is 1. The summed E-state index contributed by atoms with van der Waals surface area (Å²) >= 11 is 0. The molecule has 4 rings (SSSR count). The fourth-order valence-electron chi connectivity index (χ4n) is 5.10. The molecule has 0 bridgehead atoms. The molecule has 2 saturated heterocycles. The molecule has 0 unspecified atom stereocenters. The lowest BCUT2D eigenvalue weighted by Gasteiger charge is -2.51. The average molecular weight is 462 g/mol. The Kier molecular flexibility index (Phi) is 6.33. The van der Waals surface area contributed by atoms with Gasteiger partial charge in [0.05, 0.1) is 17.4 Å². The molecule has 176 valence electrons. The second-order valence-corrected chi connectivity index (χ2v) is 11.5. The largest absolute Gasteiger partial charge is 0.504 e. The Morgan fingerprint density at radius 3 is 2.69 bits per heavy atom. The number of piperidine rings is 1. The number of phenolic OH excluding ortho intramolecular Hbond substituents is 1. The molecule has 2 fully saturated rings. The molecule has 7 nitrogen and oxygen atoms in total. The number of nitrogens with zero attached hydrogens (tertiary/aromatic N) is 3. The number of pyridine rings is 1. The van der Waals surface area contributed by atoms with Crippen LogP contribution in [-0.2, 0) is 6.54 Å². The van der Waals surface area contributed by atoms with Gasteiger partial charge in [0.2, 0.25) is 0 Å². The Labute approximate surface area is 192 Å². The number of hydrogen-bond acceptors (Lipinski definition) is 7. The summed E-state index contributed by atoms with van der Waals surface area (Å²) in [5.74, 6) is 1.73. The van der Waals surface area contributed by atoms with E-state index in [9.17, 15) is 14.2 Å². The van der Waals surface area contributed by atoms with Crippen molar-refractivity contribution in [2.45, 2.75) is 71.2 Å². The summed E-state index contributed by atoms with van der Waals surface area (Å²) < 4.78 is 29.4. The zero-order valence-electron chi connectivity index (χ0n) is 19.4. The Hall–Kier alpha value is -2.00. The summed E-state index contributed by atoms with van der Waals surface area (Å²) in [5, 5.41) is 10.1. The maximum Gasteiger partial charge on any atom is 0.161 e. The molecular weight excluding hydrogens is 426 g/mol. The van der Waals surface area contributed by atoms with Crippen LogP contribution in [0.3, 0.4) is 0 Å². The number of anilines is 1. The summed E-state index contributed by atoms with van der Waals surface area (Å²) in [6.45, 7) is 9.63. The minimum absolute atomic E-state index is 0.00627. The monoisotopic (exact) mass is 461 g/mol. The highest BCUT2D eigenvalue weighted by Gasteiger charge is 2.53. The third kappa shape index (κ3) is 4.55. The van der Waals surface area contributed by atoms with Crippen LogP contribution >= 0.6 is 10.8 Å². The van der Waals surface area contributed by atoms with E-state index in [1.54, 1.807) is 6.07 Å². The first-order valence-electron chi connectivity index (χ1n) is 11.3. The molecule has 0 amide bonds. The van der Waals surface area contributed by atoms with Crippen LogP contribution in [0, 0.1) is 6.92 Å². The zero-order chi connectivity index (χ0) is 23.1. The lowest BCUT2D eigenvalue weighted by Crippen LogP contribution is -2.55. The van der Waals surface area contributed by atoms with Gasteiger partial charge >= 0.3 is 0 Å². The van der Waals surface area contributed by atoms with E-state index in [4.69, 9.17) is 4.74 Å². The van der Waals surface area contributed by atoms with Gasteiger partial charge in [0, 0.05) is 24.8 Å². The highest BCUT2D eigenvalue weighted by molar-refractivity contribution is 8.25. The minimum Gasteiger partial charge on any atom is -0.504 e. The summed E-state index contributed by atoms with van der Waals surface area (Å²) in [6.07, 6.45) is 2.44. The highest BCUT2D eigenvalue weighted by Crippen LogP contribution is 2.60. The summed E-state index contributed by atoms with van der Waals surface area (Å²) in [4.78, 5) is 7.05. The summed E-state index contributed by atoms with van der Waals surface area (Å²) in [6, 6.07) is 11.6. The number of aromatic nitrogens is 1. The Balaban J connectivity index is 1.52. The van der Waals surface area contributed by atoms with Gasteiger partial charge in [-0.3, -0.25) is 14.0 Å². The van der Waals surface area contributed by atoms with Crippen LogP contribution in [0.5, 0.6) is 11.5 Å². The molecule has 0 saturated carbocycles. The van der Waals surface area contributed by atoms with E-state index in [-0.39, 0.29) is 23.4 Å². The minimum atomic E-state index is -2.88. The molecule has 1 aromatic carbocycles. The van der Waals surface area contributed by atoms with Gasteiger partial charge in [-0.25, -0.2) is 9.29 Å². The summed E-state index contributed by atoms with van der Waals surface area (Å²) in [5.41, 5.74) is 1.67. The smallest absolute Gasteiger partial charge is 0.161 e. The van der Waals surface area contributed by atoms with E-state index in [0.29, 0.717) is 17.3 Å². The second-order valence-electron chi connectivity index (χ2n) is 9.48. The first-order valence-corrected chi connectivity index (χ1v) is 13.0. The fourth-order valence-corrected chi connectivity index (χ4v) is 7.22. The Morgan fingerprint density at radius 2 is 2.00 bits per heavy atom. The van der Waals surface area contributed by atoms with Crippen molar-refractivity contribution in [3.05, 3.63) is 47.7 Å². The normalized spacial score (nSPS) is 26.6. The van der Waals surface area contributed by atoms with Crippen LogP contribution < -0.4 is 9.04 Å². The molecule has 2 atom stereocenters. The molecule has 0 radical (unpaired) electrons. The first kappa shape index (κ1) is 23.2. The molecular formula is C24H35N3O4S. The number of likely N-dealkylation sites (tertiary alicyclic amines) is 1. The summed E-state index contributed by atoms with van der Waals surface area (Å²) in [7, 11) is -2.88. The van der Waals surface area contributed by atoms with E-state index in [1.807, 2.05) is 55.4 Å². The van der Waals surface area contributed by atoms with Crippen LogP contribution in [0.4, 0.5) is 5.82 Å². The number of rotatable bonds is 5. The van der Waals surface area contributed by atoms with Gasteiger partial charge in [0.25, 0.3) is 0 Å². The Morgan fingerprint density at radius 1 is 1.22 bits per heavy atom. The van der Waals surface area contributed by atoms with Crippen molar-refractivity contribution in [1.29, 1.82) is 0 Å². The molecule has 8 heteroatoms. The molecule has 1 aromatic heterocycles. The molecule has 2 aliphatic heterocycles. The van der Waals surface area contributed by atoms with Gasteiger partial charge in [-0.05, 0) is 76.8 Å². The van der Waals surface area contributed by atoms with Crippen molar-refractivity contribution in [3.63, 3.8) is 0 Å². The molecule has 0 aliphatic carbocycles. The standard InChI is InChI=1S/C24H35N3O4S/c1-17(2)31-22-14-20(8-9-21(22)28)16-26-12-10-24(15-19(26)4)11-13-32(29,30)27(24)23-7-5-6-18(3)25-23/h5-9,14,17,19,28-30H,10-13,15-16H2,1-4H3/t19-,24-/m0/s1. The number of benzene rings is 1. The van der Waals surface area contributed by atoms with Gasteiger partial charge in [-0.2, -0.15) is 0 Å². The van der Waals surface area contributed by atoms with Crippen molar-refractivity contribution in [1.82, 2.24) is 9.88 Å². The van der Waals surface area contributed by atoms with Crippen molar-refractivity contribution < 1.29 is 18.9 Å². The number of hydrogen-bond donors (Lipinski definition) is 3. The van der Waals surface area contributed by atoms with Gasteiger partial charge in [-0.1, -0.05) is 12.1 Å². The maximum atomic E-state index is 10.9. The van der Waals surface area contributed by atoms with Crippen LogP contribution in [0.1, 0.15) is 51.3 Å². The van der Waals surface area contributed by atoms with Crippen LogP contribution in [0.25, 0.3) is 0 Å². The highest BCUT2D eigenvalue weighted by atomic mass is 32.3. The van der Waals surface area contributed by atoms with Crippen molar-refractivity contribution in [3.8, 4) is 11.5 Å². The fraction of sp³-hybridized carbons (Fsp3) is 0.542. The van der Waals surface area contributed by atoms with Gasteiger partial charge < -0.3 is 9.84 Å². The quantitative estimate of drug-likeness (QED) is 0.565. The van der Waals surface area contributed by atoms with Crippen molar-refractivity contribution in [2.75, 3.05) is 16.6 Å². The lowest BCUT2D eigenvalue weighted by molar-refractivity contribution is 0.102. The number of phenols is 1. The maximum absolute atomic E-state index is 10.9. The van der Waals surface area contributed by atoms with Crippen LogP contribution in [0.15, 0.2) is 36.4 Å². The molecule has 1 spiro atoms. The average Bonchev–Trinajstić information content (AvgIpc) is 2.96. The topological polar surface area (TPSA) is 89.3 Å². The van der Waals surface area contributed by atoms with Gasteiger partial charge in [0.1, 0.15) is 5.82 Å². The molecule has 3 heterocycles. The van der Waals surface area contributed by atoms with Gasteiger partial charge in [-0.15, -0.1) is 10.8 Å². The third-order valence-electron chi connectivity index (χ3n) is 6.58. The van der Waals surface area contributed by atoms with Crippen molar-refractivity contribution >= 4 is 16.6 Å². The first-order chi connectivity index (χ1) is 15.1. The van der Waals surface area contributed by atoms with E-state index in [0.717, 1.165) is 43.6 Å². The second kappa shape index (κ2) is 8.74. The van der Waals surface area contributed by atoms with E-state index in [2.05, 4.69) is 16.8 Å². The predicted molar refractivity (Wildman–Crippen MR) is 129 cm³/mol. The number of aromatic hydroxyl groups is 1. The van der Waals surface area contributed by atoms with Crippen LogP contribution in [0.2, 0.25) is 0 Å². The predicted octanol–water partition coefficient (Wildman–Crippen LogP) is 5.18. The SMILES string of the molecule is Cc1cccc(N2[C@@]3(CCN(Cc4ccc(O)c(OC(C)C)c4)[C@@H](C)C3)CCS2(O)O)n1. The van der Waals surface area contributed by atoms with E-state index < -0.39 is 10.8 Å². The van der Waals surface area contributed by atoms with Gasteiger partial charge in [0.15, 0.2) is 11.5 Å².